The van der Waals surface area contributed by atoms with Crippen LogP contribution in [0.2, 0.25) is 0 Å². The van der Waals surface area contributed by atoms with Crippen LogP contribution in [0.5, 0.6) is 0 Å². The molecule has 0 bridgehead atoms. The fraction of sp³-hybridized carbons (Fsp3) is 0.333. The Hall–Kier alpha value is -1.75. The van der Waals surface area contributed by atoms with E-state index in [1.807, 2.05) is 36.7 Å². The number of piperazine rings is 1. The number of sulfonamides is 1. The second kappa shape index (κ2) is 7.58. The lowest BCUT2D eigenvalue weighted by atomic mass is 10.2. The van der Waals surface area contributed by atoms with Gasteiger partial charge in [0.15, 0.2) is 5.82 Å². The second-order valence-electron chi connectivity index (χ2n) is 6.57. The molecule has 3 aromatic rings. The molecule has 0 unspecified atom stereocenters. The Bertz CT molecular complexity index is 1090. The van der Waals surface area contributed by atoms with Crippen LogP contribution in [-0.2, 0) is 10.0 Å². The molecule has 1 saturated heterocycles. The van der Waals surface area contributed by atoms with Gasteiger partial charge in [-0.1, -0.05) is 6.07 Å². The average Bonchev–Trinajstić information content (AvgIpc) is 3.26. The minimum Gasteiger partial charge on any atom is -0.366 e. The minimum absolute atomic E-state index is 0.378. The summed E-state index contributed by atoms with van der Waals surface area (Å²) in [5.74, 6) is 0.777. The highest BCUT2D eigenvalue weighted by molar-refractivity contribution is 9.11. The zero-order valence-electron chi connectivity index (χ0n) is 15.5. The van der Waals surface area contributed by atoms with Gasteiger partial charge in [0.1, 0.15) is 4.21 Å². The monoisotopic (exact) mass is 481 g/mol. The number of hydrogen-bond donors (Lipinski definition) is 0. The topological polar surface area (TPSA) is 71.3 Å². The predicted octanol–water partition coefficient (Wildman–Crippen LogP) is 3.22. The van der Waals surface area contributed by atoms with Gasteiger partial charge >= 0.3 is 0 Å². The van der Waals surface area contributed by atoms with Gasteiger partial charge in [0.25, 0.3) is 10.0 Å². The van der Waals surface area contributed by atoms with Crippen LogP contribution in [0.4, 0.5) is 5.69 Å². The summed E-state index contributed by atoms with van der Waals surface area (Å²) in [6.07, 6.45) is 1.75. The molecule has 148 valence electrons. The summed E-state index contributed by atoms with van der Waals surface area (Å²) in [4.78, 5) is 6.60. The number of nitrogens with zero attached hydrogens (tertiary/aromatic N) is 5. The first-order valence-electron chi connectivity index (χ1n) is 8.86. The summed E-state index contributed by atoms with van der Waals surface area (Å²) < 4.78 is 30.3. The molecule has 1 fully saturated rings. The van der Waals surface area contributed by atoms with Gasteiger partial charge in [-0.2, -0.15) is 9.40 Å². The van der Waals surface area contributed by atoms with E-state index in [0.29, 0.717) is 30.4 Å². The van der Waals surface area contributed by atoms with Crippen LogP contribution in [0.25, 0.3) is 5.82 Å². The van der Waals surface area contributed by atoms with Crippen molar-refractivity contribution < 1.29 is 8.42 Å². The standard InChI is InChI=1S/C18H20BrN5O2S2/c1-13-18(14(2)24(21-13)16-5-3-4-8-20-16)22-9-11-23(12-10-22)28(25,26)17-7-6-15(19)27-17/h3-8H,9-12H2,1-2H3. The minimum atomic E-state index is -3.44. The van der Waals surface area contributed by atoms with Crippen molar-refractivity contribution in [2.75, 3.05) is 31.1 Å². The maximum Gasteiger partial charge on any atom is 0.252 e. The smallest absolute Gasteiger partial charge is 0.252 e. The van der Waals surface area contributed by atoms with Crippen LogP contribution in [0.3, 0.4) is 0 Å². The number of aryl methyl sites for hydroxylation is 1. The Morgan fingerprint density at radius 2 is 1.82 bits per heavy atom. The number of hydrogen-bond acceptors (Lipinski definition) is 6. The summed E-state index contributed by atoms with van der Waals surface area (Å²) in [5.41, 5.74) is 2.98. The van der Waals surface area contributed by atoms with Crippen LogP contribution < -0.4 is 4.90 Å². The molecule has 3 aromatic heterocycles. The first kappa shape index (κ1) is 19.6. The highest BCUT2D eigenvalue weighted by Crippen LogP contribution is 2.31. The molecule has 0 spiro atoms. The predicted molar refractivity (Wildman–Crippen MR) is 114 cm³/mol. The molecule has 0 N–H and O–H groups in total. The van der Waals surface area contributed by atoms with E-state index in [0.717, 1.165) is 26.7 Å². The van der Waals surface area contributed by atoms with Crippen molar-refractivity contribution in [3.05, 3.63) is 51.7 Å². The van der Waals surface area contributed by atoms with Gasteiger partial charge < -0.3 is 4.90 Å². The Kier molecular flexibility index (Phi) is 5.30. The van der Waals surface area contributed by atoms with E-state index >= 15 is 0 Å². The summed E-state index contributed by atoms with van der Waals surface area (Å²) in [5, 5.41) is 4.65. The molecule has 10 heteroatoms. The van der Waals surface area contributed by atoms with Crippen molar-refractivity contribution in [1.82, 2.24) is 19.1 Å². The lowest BCUT2D eigenvalue weighted by Gasteiger charge is -2.35. The molecule has 0 aromatic carbocycles. The van der Waals surface area contributed by atoms with Crippen molar-refractivity contribution in [2.45, 2.75) is 18.1 Å². The van der Waals surface area contributed by atoms with E-state index in [9.17, 15) is 8.42 Å². The van der Waals surface area contributed by atoms with Gasteiger partial charge in [0, 0.05) is 32.4 Å². The largest absolute Gasteiger partial charge is 0.366 e. The third-order valence-electron chi connectivity index (χ3n) is 4.82. The molecule has 28 heavy (non-hydrogen) atoms. The van der Waals surface area contributed by atoms with E-state index in [1.165, 1.54) is 11.3 Å². The summed E-state index contributed by atoms with van der Waals surface area (Å²) >= 11 is 4.58. The van der Waals surface area contributed by atoms with Gasteiger partial charge in [-0.25, -0.2) is 18.1 Å². The van der Waals surface area contributed by atoms with Crippen LogP contribution in [-0.4, -0.2) is 53.7 Å². The van der Waals surface area contributed by atoms with Crippen molar-refractivity contribution in [2.24, 2.45) is 0 Å². The zero-order valence-corrected chi connectivity index (χ0v) is 18.8. The molecule has 1 aliphatic rings. The molecule has 1 aliphatic heterocycles. The number of pyridine rings is 1. The van der Waals surface area contributed by atoms with E-state index in [2.05, 4.69) is 30.9 Å². The third-order valence-corrected chi connectivity index (χ3v) is 8.81. The highest BCUT2D eigenvalue weighted by atomic mass is 79.9. The Morgan fingerprint density at radius 3 is 2.43 bits per heavy atom. The van der Waals surface area contributed by atoms with Crippen LogP contribution in [0, 0.1) is 13.8 Å². The lowest BCUT2D eigenvalue weighted by molar-refractivity contribution is 0.385. The maximum atomic E-state index is 12.8. The van der Waals surface area contributed by atoms with Crippen molar-refractivity contribution in [3.8, 4) is 5.82 Å². The summed E-state index contributed by atoms with van der Waals surface area (Å²) in [6, 6.07) is 9.16. The molecular weight excluding hydrogens is 462 g/mol. The molecule has 0 aliphatic carbocycles. The fourth-order valence-corrected chi connectivity index (χ4v) is 7.10. The molecule has 7 nitrogen and oxygen atoms in total. The normalized spacial score (nSPS) is 15.9. The second-order valence-corrected chi connectivity index (χ2v) is 11.2. The first-order valence-corrected chi connectivity index (χ1v) is 11.9. The van der Waals surface area contributed by atoms with E-state index in [-0.39, 0.29) is 0 Å². The van der Waals surface area contributed by atoms with E-state index < -0.39 is 10.0 Å². The third kappa shape index (κ3) is 3.49. The van der Waals surface area contributed by atoms with Gasteiger partial charge in [-0.3, -0.25) is 0 Å². The molecule has 0 amide bonds. The van der Waals surface area contributed by atoms with Crippen molar-refractivity contribution in [3.63, 3.8) is 0 Å². The van der Waals surface area contributed by atoms with E-state index in [4.69, 9.17) is 0 Å². The lowest BCUT2D eigenvalue weighted by Crippen LogP contribution is -2.48. The number of thiophene rings is 1. The first-order chi connectivity index (χ1) is 13.4. The molecule has 4 rings (SSSR count). The van der Waals surface area contributed by atoms with E-state index in [1.54, 1.807) is 22.6 Å². The molecule has 0 atom stereocenters. The van der Waals surface area contributed by atoms with Crippen molar-refractivity contribution >= 4 is 43.0 Å². The average molecular weight is 482 g/mol. The van der Waals surface area contributed by atoms with Crippen molar-refractivity contribution in [1.29, 1.82) is 0 Å². The van der Waals surface area contributed by atoms with Gasteiger partial charge in [-0.05, 0) is 54.0 Å². The Labute approximate surface area is 176 Å². The Morgan fingerprint density at radius 1 is 1.07 bits per heavy atom. The van der Waals surface area contributed by atoms with Crippen LogP contribution >= 0.6 is 27.3 Å². The highest BCUT2D eigenvalue weighted by Gasteiger charge is 2.31. The Balaban J connectivity index is 1.54. The van der Waals surface area contributed by atoms with Gasteiger partial charge in [-0.15, -0.1) is 11.3 Å². The molecule has 0 radical (unpaired) electrons. The zero-order chi connectivity index (χ0) is 19.9. The molecular formula is C18H20BrN5O2S2. The number of halogens is 1. The summed E-state index contributed by atoms with van der Waals surface area (Å²) in [7, 11) is -3.44. The molecule has 4 heterocycles. The SMILES string of the molecule is Cc1nn(-c2ccccn2)c(C)c1N1CCN(S(=O)(=O)c2ccc(Br)s2)CC1. The van der Waals surface area contributed by atoms with Gasteiger partial charge in [0.2, 0.25) is 0 Å². The van der Waals surface area contributed by atoms with Crippen LogP contribution in [0.1, 0.15) is 11.4 Å². The molecule has 0 saturated carbocycles. The van der Waals surface area contributed by atoms with Gasteiger partial charge in [0.05, 0.1) is 20.9 Å². The number of aromatic nitrogens is 3. The maximum absolute atomic E-state index is 12.8. The number of anilines is 1. The summed E-state index contributed by atoms with van der Waals surface area (Å²) in [6.45, 7) is 6.16. The quantitative estimate of drug-likeness (QED) is 0.571. The number of rotatable bonds is 4. The van der Waals surface area contributed by atoms with Crippen LogP contribution in [0.15, 0.2) is 44.5 Å². The fourth-order valence-electron chi connectivity index (χ4n) is 3.51.